The van der Waals surface area contributed by atoms with E-state index in [0.29, 0.717) is 4.58 Å². The SMILES string of the molecule is c1ccc(C2SCCCCCS2)cc1. The summed E-state index contributed by atoms with van der Waals surface area (Å²) < 4.78 is 0.677. The molecule has 0 aliphatic carbocycles. The van der Waals surface area contributed by atoms with Gasteiger partial charge in [0.2, 0.25) is 0 Å². The molecule has 1 aromatic rings. The molecule has 0 bridgehead atoms. The van der Waals surface area contributed by atoms with Gasteiger partial charge in [0, 0.05) is 0 Å². The van der Waals surface area contributed by atoms with E-state index in [-0.39, 0.29) is 0 Å². The third-order valence-corrected chi connectivity index (χ3v) is 5.41. The highest BCUT2D eigenvalue weighted by molar-refractivity contribution is 8.16. The molecule has 1 saturated heterocycles. The van der Waals surface area contributed by atoms with Gasteiger partial charge in [0.25, 0.3) is 0 Å². The second kappa shape index (κ2) is 5.72. The van der Waals surface area contributed by atoms with E-state index in [1.807, 2.05) is 0 Å². The van der Waals surface area contributed by atoms with Crippen LogP contribution in [0, 0.1) is 0 Å². The van der Waals surface area contributed by atoms with Crippen LogP contribution in [-0.4, -0.2) is 11.5 Å². The number of thioether (sulfide) groups is 2. The quantitative estimate of drug-likeness (QED) is 0.696. The molecule has 0 atom stereocenters. The molecule has 14 heavy (non-hydrogen) atoms. The molecule has 76 valence electrons. The molecule has 1 aliphatic heterocycles. The zero-order chi connectivity index (χ0) is 9.64. The van der Waals surface area contributed by atoms with Crippen molar-refractivity contribution >= 4 is 23.5 Å². The third-order valence-electron chi connectivity index (χ3n) is 2.40. The summed E-state index contributed by atoms with van der Waals surface area (Å²) >= 11 is 4.23. The molecule has 1 heterocycles. The normalized spacial score (nSPS) is 20.0. The van der Waals surface area contributed by atoms with Crippen molar-refractivity contribution in [2.45, 2.75) is 23.8 Å². The van der Waals surface area contributed by atoms with Gasteiger partial charge in [0.15, 0.2) is 0 Å². The van der Waals surface area contributed by atoms with Gasteiger partial charge in [-0.25, -0.2) is 0 Å². The molecule has 1 aliphatic rings. The average Bonchev–Trinajstić information content (AvgIpc) is 2.18. The second-order valence-electron chi connectivity index (χ2n) is 3.54. The van der Waals surface area contributed by atoms with Crippen LogP contribution in [0.15, 0.2) is 30.3 Å². The number of rotatable bonds is 1. The number of benzene rings is 1. The topological polar surface area (TPSA) is 0 Å². The molecule has 2 rings (SSSR count). The van der Waals surface area contributed by atoms with Gasteiger partial charge in [-0.15, -0.1) is 23.5 Å². The van der Waals surface area contributed by atoms with Crippen LogP contribution >= 0.6 is 23.5 Å². The van der Waals surface area contributed by atoms with Crippen LogP contribution in [0.4, 0.5) is 0 Å². The van der Waals surface area contributed by atoms with Crippen molar-refractivity contribution in [2.75, 3.05) is 11.5 Å². The fourth-order valence-electron chi connectivity index (χ4n) is 1.61. The smallest absolute Gasteiger partial charge is 0.0751 e. The number of hydrogen-bond acceptors (Lipinski definition) is 2. The van der Waals surface area contributed by atoms with E-state index in [0.717, 1.165) is 0 Å². The molecule has 1 aromatic carbocycles. The van der Waals surface area contributed by atoms with Gasteiger partial charge in [0.05, 0.1) is 4.58 Å². The van der Waals surface area contributed by atoms with Crippen molar-refractivity contribution in [3.8, 4) is 0 Å². The lowest BCUT2D eigenvalue weighted by molar-refractivity contribution is 0.782. The van der Waals surface area contributed by atoms with Crippen molar-refractivity contribution in [1.29, 1.82) is 0 Å². The maximum Gasteiger partial charge on any atom is 0.0751 e. The fraction of sp³-hybridized carbons (Fsp3) is 0.500. The highest BCUT2D eigenvalue weighted by Crippen LogP contribution is 2.41. The van der Waals surface area contributed by atoms with Crippen LogP contribution in [0.1, 0.15) is 29.4 Å². The maximum atomic E-state index is 2.26. The molecule has 0 unspecified atom stereocenters. The third kappa shape index (κ3) is 2.96. The molecule has 0 N–H and O–H groups in total. The van der Waals surface area contributed by atoms with E-state index in [2.05, 4.69) is 53.9 Å². The molecular formula is C12H16S2. The predicted octanol–water partition coefficient (Wildman–Crippen LogP) is 4.34. The van der Waals surface area contributed by atoms with Gasteiger partial charge in [-0.3, -0.25) is 0 Å². The Bertz CT molecular complexity index is 250. The molecule has 0 amide bonds. The van der Waals surface area contributed by atoms with Crippen LogP contribution in [0.2, 0.25) is 0 Å². The Balaban J connectivity index is 2.01. The van der Waals surface area contributed by atoms with E-state index in [4.69, 9.17) is 0 Å². The fourth-order valence-corrected chi connectivity index (χ4v) is 4.44. The number of hydrogen-bond donors (Lipinski definition) is 0. The summed E-state index contributed by atoms with van der Waals surface area (Å²) in [6.45, 7) is 0. The van der Waals surface area contributed by atoms with Gasteiger partial charge < -0.3 is 0 Å². The van der Waals surface area contributed by atoms with E-state index in [1.54, 1.807) is 0 Å². The Morgan fingerprint density at radius 1 is 0.857 bits per heavy atom. The lowest BCUT2D eigenvalue weighted by atomic mass is 10.2. The van der Waals surface area contributed by atoms with E-state index in [9.17, 15) is 0 Å². The monoisotopic (exact) mass is 224 g/mol. The Morgan fingerprint density at radius 2 is 1.50 bits per heavy atom. The molecule has 0 nitrogen and oxygen atoms in total. The minimum absolute atomic E-state index is 0.677. The maximum absolute atomic E-state index is 2.26. The summed E-state index contributed by atoms with van der Waals surface area (Å²) in [6.07, 6.45) is 4.21. The van der Waals surface area contributed by atoms with E-state index in [1.165, 1.54) is 36.3 Å². The van der Waals surface area contributed by atoms with Crippen molar-refractivity contribution in [3.63, 3.8) is 0 Å². The lowest BCUT2D eigenvalue weighted by Crippen LogP contribution is -1.97. The molecule has 2 heteroatoms. The summed E-state index contributed by atoms with van der Waals surface area (Å²) in [7, 11) is 0. The van der Waals surface area contributed by atoms with Crippen molar-refractivity contribution in [1.82, 2.24) is 0 Å². The Labute approximate surface area is 94.9 Å². The van der Waals surface area contributed by atoms with Crippen LogP contribution in [0.25, 0.3) is 0 Å². The first-order valence-corrected chi connectivity index (χ1v) is 7.35. The summed E-state index contributed by atoms with van der Waals surface area (Å²) in [5.74, 6) is 2.65. The predicted molar refractivity (Wildman–Crippen MR) is 68.0 cm³/mol. The lowest BCUT2D eigenvalue weighted by Gasteiger charge is -2.19. The highest BCUT2D eigenvalue weighted by atomic mass is 32.2. The van der Waals surface area contributed by atoms with Crippen LogP contribution in [0.3, 0.4) is 0 Å². The van der Waals surface area contributed by atoms with Gasteiger partial charge >= 0.3 is 0 Å². The van der Waals surface area contributed by atoms with E-state index < -0.39 is 0 Å². The van der Waals surface area contributed by atoms with Gasteiger partial charge in [-0.05, 0) is 29.9 Å². The molecular weight excluding hydrogens is 208 g/mol. The largest absolute Gasteiger partial charge is 0.143 e. The Kier molecular flexibility index (Phi) is 4.26. The minimum Gasteiger partial charge on any atom is -0.143 e. The summed E-state index contributed by atoms with van der Waals surface area (Å²) in [4.78, 5) is 0. The average molecular weight is 224 g/mol. The molecule has 0 spiro atoms. The zero-order valence-corrected chi connectivity index (χ0v) is 9.95. The molecule has 0 radical (unpaired) electrons. The van der Waals surface area contributed by atoms with Crippen molar-refractivity contribution in [2.24, 2.45) is 0 Å². The van der Waals surface area contributed by atoms with Gasteiger partial charge in [-0.1, -0.05) is 36.8 Å². The van der Waals surface area contributed by atoms with Crippen LogP contribution in [0.5, 0.6) is 0 Å². The molecule has 0 saturated carbocycles. The van der Waals surface area contributed by atoms with Crippen molar-refractivity contribution in [3.05, 3.63) is 35.9 Å². The summed E-state index contributed by atoms with van der Waals surface area (Å²) in [5.41, 5.74) is 1.49. The first-order chi connectivity index (χ1) is 6.97. The zero-order valence-electron chi connectivity index (χ0n) is 8.32. The standard InChI is InChI=1S/C12H16S2/c1-3-7-11(8-4-1)12-13-9-5-2-6-10-14-12/h1,3-4,7-8,12H,2,5-6,9-10H2. The summed E-state index contributed by atoms with van der Waals surface area (Å²) in [5, 5.41) is 0. The second-order valence-corrected chi connectivity index (χ2v) is 6.27. The first kappa shape index (κ1) is 10.4. The minimum atomic E-state index is 0.677. The van der Waals surface area contributed by atoms with E-state index >= 15 is 0 Å². The molecule has 1 fully saturated rings. The van der Waals surface area contributed by atoms with Gasteiger partial charge in [0.1, 0.15) is 0 Å². The van der Waals surface area contributed by atoms with Gasteiger partial charge in [-0.2, -0.15) is 0 Å². The highest BCUT2D eigenvalue weighted by Gasteiger charge is 2.13. The Morgan fingerprint density at radius 3 is 2.14 bits per heavy atom. The van der Waals surface area contributed by atoms with Crippen LogP contribution in [-0.2, 0) is 0 Å². The van der Waals surface area contributed by atoms with Crippen LogP contribution < -0.4 is 0 Å². The molecule has 0 aromatic heterocycles. The Hall–Kier alpha value is -0.0800. The van der Waals surface area contributed by atoms with Crippen molar-refractivity contribution < 1.29 is 0 Å². The first-order valence-electron chi connectivity index (χ1n) is 5.25. The summed E-state index contributed by atoms with van der Waals surface area (Å²) in [6, 6.07) is 10.9.